The first-order valence-corrected chi connectivity index (χ1v) is 10.9. The molecule has 3 rings (SSSR count). The van der Waals surface area contributed by atoms with E-state index >= 15 is 8.78 Å². The largest absolute Gasteiger partial charge is 0.386 e. The van der Waals surface area contributed by atoms with Crippen molar-refractivity contribution in [2.24, 2.45) is 0 Å². The van der Waals surface area contributed by atoms with E-state index in [0.717, 1.165) is 36.4 Å². The van der Waals surface area contributed by atoms with Gasteiger partial charge in [-0.2, -0.15) is 70.2 Å². The van der Waals surface area contributed by atoms with E-state index in [1.807, 2.05) is 0 Å². The second-order valence-electron chi connectivity index (χ2n) is 8.79. The van der Waals surface area contributed by atoms with Crippen molar-refractivity contribution in [3.8, 4) is 17.1 Å². The van der Waals surface area contributed by atoms with Gasteiger partial charge in [0.15, 0.2) is 5.82 Å². The van der Waals surface area contributed by atoms with Crippen LogP contribution in [0.2, 0.25) is 0 Å². The summed E-state index contributed by atoms with van der Waals surface area (Å²) in [6, 6.07) is 11.2. The molecule has 0 saturated heterocycles. The fourth-order valence-electron chi connectivity index (χ4n) is 3.49. The van der Waals surface area contributed by atoms with Crippen LogP contribution in [0.5, 0.6) is 0 Å². The number of nitrogens with zero attached hydrogens (tertiary/aromatic N) is 3. The number of para-hydroxylation sites is 1. The van der Waals surface area contributed by atoms with E-state index in [0.29, 0.717) is 0 Å². The van der Waals surface area contributed by atoms with Gasteiger partial charge in [-0.15, -0.1) is 10.2 Å². The molecule has 3 aromatic rings. The van der Waals surface area contributed by atoms with Crippen molar-refractivity contribution < 1.29 is 70.2 Å². The molecule has 232 valence electrons. The Morgan fingerprint density at radius 3 is 1.29 bits per heavy atom. The van der Waals surface area contributed by atoms with Gasteiger partial charge < -0.3 is 0 Å². The minimum absolute atomic E-state index is 0.0734. The van der Waals surface area contributed by atoms with Crippen LogP contribution in [-0.4, -0.2) is 56.2 Å². The number of hydrogen-bond donors (Lipinski definition) is 0. The summed E-state index contributed by atoms with van der Waals surface area (Å²) in [6.45, 7) is -1.20. The number of aromatic nitrogens is 3. The fraction of sp³-hybridized carbons (Fsp3) is 0.391. The number of alkyl halides is 16. The Balaban J connectivity index is 2.25. The SMILES string of the molecule is CC(F)(F)C(F)(F)C(F)(F)C(F)(F)C(F)(F)C(F)(F)C(F)(F)C(F)(F)c1nnc(-c2ccccc2)n1-c1ccccc1. The molecule has 0 N–H and O–H groups in total. The van der Waals surface area contributed by atoms with Gasteiger partial charge in [0.05, 0.1) is 0 Å². The number of hydrogen-bond acceptors (Lipinski definition) is 2. The third-order valence-corrected chi connectivity index (χ3v) is 5.91. The van der Waals surface area contributed by atoms with E-state index in [9.17, 15) is 61.5 Å². The van der Waals surface area contributed by atoms with Crippen LogP contribution >= 0.6 is 0 Å². The van der Waals surface area contributed by atoms with Gasteiger partial charge in [-0.25, -0.2) is 0 Å². The van der Waals surface area contributed by atoms with Crippen LogP contribution in [0.3, 0.4) is 0 Å². The molecular weight excluding hydrogens is 622 g/mol. The van der Waals surface area contributed by atoms with Crippen molar-refractivity contribution >= 4 is 0 Å². The zero-order valence-electron chi connectivity index (χ0n) is 20.2. The Morgan fingerprint density at radius 2 is 0.857 bits per heavy atom. The molecule has 42 heavy (non-hydrogen) atoms. The van der Waals surface area contributed by atoms with Gasteiger partial charge in [-0.05, 0) is 12.1 Å². The maximum atomic E-state index is 15.2. The minimum Gasteiger partial charge on any atom is -0.274 e. The summed E-state index contributed by atoms with van der Waals surface area (Å²) in [7, 11) is 0. The highest BCUT2D eigenvalue weighted by Crippen LogP contribution is 2.64. The molecular formula is C23H13F16N3. The van der Waals surface area contributed by atoms with E-state index in [2.05, 4.69) is 10.2 Å². The average Bonchev–Trinajstić information content (AvgIpc) is 3.34. The van der Waals surface area contributed by atoms with Gasteiger partial charge in [0.1, 0.15) is 0 Å². The van der Waals surface area contributed by atoms with Crippen LogP contribution in [-0.2, 0) is 5.92 Å². The molecule has 3 nitrogen and oxygen atoms in total. The molecule has 0 saturated carbocycles. The summed E-state index contributed by atoms with van der Waals surface area (Å²) in [5, 5.41) is 5.79. The minimum atomic E-state index is -8.52. The lowest BCUT2D eigenvalue weighted by molar-refractivity contribution is -0.454. The van der Waals surface area contributed by atoms with E-state index in [4.69, 9.17) is 0 Å². The average molecular weight is 635 g/mol. The summed E-state index contributed by atoms with van der Waals surface area (Å²) in [6.07, 6.45) is 0. The molecule has 0 aliphatic carbocycles. The first kappa shape index (κ1) is 33.0. The summed E-state index contributed by atoms with van der Waals surface area (Å²) in [5.41, 5.74) is -0.825. The lowest BCUT2D eigenvalue weighted by atomic mass is 9.87. The molecule has 0 atom stereocenters. The van der Waals surface area contributed by atoms with Gasteiger partial charge in [0, 0.05) is 18.2 Å². The molecule has 0 aliphatic rings. The molecule has 0 bridgehead atoms. The molecule has 0 spiro atoms. The van der Waals surface area contributed by atoms with Crippen LogP contribution in [0.4, 0.5) is 70.2 Å². The van der Waals surface area contributed by atoms with Gasteiger partial charge >= 0.3 is 47.4 Å². The third kappa shape index (κ3) is 4.37. The van der Waals surface area contributed by atoms with Crippen LogP contribution in [0.1, 0.15) is 12.7 Å². The second kappa shape index (κ2) is 9.75. The highest BCUT2D eigenvalue weighted by atomic mass is 19.4. The van der Waals surface area contributed by atoms with Crippen LogP contribution in [0.25, 0.3) is 17.1 Å². The summed E-state index contributed by atoms with van der Waals surface area (Å²) in [5.74, 6) is -65.5. The van der Waals surface area contributed by atoms with E-state index < -0.39 is 71.6 Å². The van der Waals surface area contributed by atoms with Crippen LogP contribution in [0, 0.1) is 0 Å². The van der Waals surface area contributed by atoms with E-state index in [-0.39, 0.29) is 10.1 Å². The first-order chi connectivity index (χ1) is 18.8. The molecule has 0 radical (unpaired) electrons. The lowest BCUT2D eigenvalue weighted by Crippen LogP contribution is -2.74. The van der Waals surface area contributed by atoms with Gasteiger partial charge in [-0.1, -0.05) is 48.5 Å². The monoisotopic (exact) mass is 635 g/mol. The number of rotatable bonds is 10. The Labute approximate surface area is 223 Å². The fourth-order valence-corrected chi connectivity index (χ4v) is 3.49. The quantitative estimate of drug-likeness (QED) is 0.209. The van der Waals surface area contributed by atoms with Crippen molar-refractivity contribution in [2.75, 3.05) is 0 Å². The van der Waals surface area contributed by atoms with Crippen LogP contribution < -0.4 is 0 Å². The summed E-state index contributed by atoms with van der Waals surface area (Å²) in [4.78, 5) is 0. The Bertz CT molecular complexity index is 1400. The summed E-state index contributed by atoms with van der Waals surface area (Å²) < 4.78 is 225. The van der Waals surface area contributed by atoms with E-state index in [1.54, 1.807) is 0 Å². The number of halogens is 16. The second-order valence-corrected chi connectivity index (χ2v) is 8.79. The predicted octanol–water partition coefficient (Wildman–Crippen LogP) is 8.49. The third-order valence-electron chi connectivity index (χ3n) is 5.91. The molecule has 19 heteroatoms. The van der Waals surface area contributed by atoms with Gasteiger partial charge in [0.25, 0.3) is 0 Å². The Kier molecular flexibility index (Phi) is 7.65. The van der Waals surface area contributed by atoms with Gasteiger partial charge in [0.2, 0.25) is 5.82 Å². The smallest absolute Gasteiger partial charge is 0.274 e. The summed E-state index contributed by atoms with van der Waals surface area (Å²) >= 11 is 0. The maximum absolute atomic E-state index is 15.2. The van der Waals surface area contributed by atoms with Crippen molar-refractivity contribution in [3.63, 3.8) is 0 Å². The molecule has 0 fully saturated rings. The van der Waals surface area contributed by atoms with Gasteiger partial charge in [-0.3, -0.25) is 4.57 Å². The van der Waals surface area contributed by atoms with E-state index in [1.165, 1.54) is 24.3 Å². The zero-order chi connectivity index (χ0) is 32.4. The van der Waals surface area contributed by atoms with Crippen molar-refractivity contribution in [2.45, 2.75) is 54.3 Å². The highest BCUT2D eigenvalue weighted by molar-refractivity contribution is 5.59. The lowest BCUT2D eigenvalue weighted by Gasteiger charge is -2.43. The zero-order valence-corrected chi connectivity index (χ0v) is 20.2. The van der Waals surface area contributed by atoms with Crippen LogP contribution in [0.15, 0.2) is 60.7 Å². The van der Waals surface area contributed by atoms with Crippen molar-refractivity contribution in [1.82, 2.24) is 14.8 Å². The predicted molar refractivity (Wildman–Crippen MR) is 111 cm³/mol. The molecule has 0 amide bonds. The standard InChI is InChI=1S/C23H13F16N3/c1-16(24,25)18(28,29)20(32,33)22(36,37)23(38,39)21(34,35)19(30,31)17(26,27)15-41-40-14(12-8-4-2-5-9-12)42(15)13-10-6-3-7-11-13/h2-11H,1H3. The number of benzene rings is 2. The molecule has 2 aromatic carbocycles. The topological polar surface area (TPSA) is 30.7 Å². The Morgan fingerprint density at radius 1 is 0.476 bits per heavy atom. The molecule has 0 aliphatic heterocycles. The normalized spacial score (nSPS) is 14.8. The maximum Gasteiger partial charge on any atom is 0.386 e. The molecule has 1 aromatic heterocycles. The Hall–Kier alpha value is -3.54. The molecule has 1 heterocycles. The molecule has 0 unspecified atom stereocenters. The highest BCUT2D eigenvalue weighted by Gasteiger charge is 2.94. The first-order valence-electron chi connectivity index (χ1n) is 10.9. The van der Waals surface area contributed by atoms with Crippen molar-refractivity contribution in [3.05, 3.63) is 66.5 Å². The van der Waals surface area contributed by atoms with Crippen molar-refractivity contribution in [1.29, 1.82) is 0 Å².